The molecular weight excluding hydrogens is 138 g/mol. The Labute approximate surface area is 68.6 Å². The van der Waals surface area contributed by atoms with Crippen LogP contribution < -0.4 is 0 Å². The predicted octanol–water partition coefficient (Wildman–Crippen LogP) is 1.65. The van der Waals surface area contributed by atoms with E-state index in [2.05, 4.69) is 6.92 Å². The molecule has 1 amide bonds. The van der Waals surface area contributed by atoms with E-state index in [0.717, 1.165) is 0 Å². The first kappa shape index (κ1) is 8.57. The molecule has 0 aromatic carbocycles. The smallest absolute Gasteiger partial charge is 0.219 e. The Morgan fingerprint density at radius 2 is 2.09 bits per heavy atom. The van der Waals surface area contributed by atoms with Crippen LogP contribution in [0.3, 0.4) is 0 Å². The quantitative estimate of drug-likeness (QED) is 0.564. The summed E-state index contributed by atoms with van der Waals surface area (Å²) >= 11 is 0. The molecule has 0 aromatic heterocycles. The first-order valence-corrected chi connectivity index (χ1v) is 4.36. The molecule has 11 heavy (non-hydrogen) atoms. The summed E-state index contributed by atoms with van der Waals surface area (Å²) in [5, 5.41) is 0. The highest BCUT2D eigenvalue weighted by molar-refractivity contribution is 5.73. The summed E-state index contributed by atoms with van der Waals surface area (Å²) in [7, 11) is 1.91. The third-order valence-electron chi connectivity index (χ3n) is 2.81. The highest BCUT2D eigenvalue weighted by atomic mass is 16.2. The van der Waals surface area contributed by atoms with Crippen molar-refractivity contribution in [3.63, 3.8) is 0 Å². The molecule has 1 fully saturated rings. The van der Waals surface area contributed by atoms with Gasteiger partial charge in [0.1, 0.15) is 0 Å². The van der Waals surface area contributed by atoms with E-state index in [4.69, 9.17) is 0 Å². The predicted molar refractivity (Wildman–Crippen MR) is 45.2 cm³/mol. The molecule has 2 heteroatoms. The minimum atomic E-state index is 0.198. The van der Waals surface area contributed by atoms with E-state index in [1.807, 2.05) is 11.9 Å². The van der Waals surface area contributed by atoms with E-state index in [1.165, 1.54) is 19.3 Å². The summed E-state index contributed by atoms with van der Waals surface area (Å²) in [6, 6.07) is 0.507. The lowest BCUT2D eigenvalue weighted by atomic mass is 10.1. The first-order valence-electron chi connectivity index (χ1n) is 4.36. The van der Waals surface area contributed by atoms with Crippen LogP contribution >= 0.6 is 0 Å². The van der Waals surface area contributed by atoms with E-state index in [0.29, 0.717) is 12.0 Å². The van der Waals surface area contributed by atoms with Crippen molar-refractivity contribution in [1.29, 1.82) is 0 Å². The van der Waals surface area contributed by atoms with E-state index in [9.17, 15) is 4.79 Å². The Morgan fingerprint density at radius 3 is 2.45 bits per heavy atom. The Bertz CT molecular complexity index is 156. The number of rotatable bonds is 1. The van der Waals surface area contributed by atoms with Gasteiger partial charge in [0, 0.05) is 20.0 Å². The van der Waals surface area contributed by atoms with Crippen LogP contribution in [0.4, 0.5) is 0 Å². The summed E-state index contributed by atoms with van der Waals surface area (Å²) in [5.74, 6) is 0.896. The summed E-state index contributed by atoms with van der Waals surface area (Å²) in [6.45, 7) is 3.88. The number of carbonyl (C=O) groups excluding carboxylic acids is 1. The Kier molecular flexibility index (Phi) is 2.53. The van der Waals surface area contributed by atoms with Crippen LogP contribution in [-0.4, -0.2) is 23.9 Å². The molecule has 2 atom stereocenters. The molecule has 0 saturated heterocycles. The number of amides is 1. The summed E-state index contributed by atoms with van der Waals surface area (Å²) in [5.41, 5.74) is 0. The Hall–Kier alpha value is -0.530. The molecule has 1 aliphatic carbocycles. The highest BCUT2D eigenvalue weighted by Crippen LogP contribution is 2.28. The number of carbonyl (C=O) groups is 1. The van der Waals surface area contributed by atoms with Crippen molar-refractivity contribution in [1.82, 2.24) is 4.90 Å². The maximum absolute atomic E-state index is 11.0. The third-order valence-corrected chi connectivity index (χ3v) is 2.81. The van der Waals surface area contributed by atoms with E-state index < -0.39 is 0 Å². The van der Waals surface area contributed by atoms with Gasteiger partial charge in [0.2, 0.25) is 5.91 Å². The van der Waals surface area contributed by atoms with Crippen molar-refractivity contribution >= 4 is 5.91 Å². The van der Waals surface area contributed by atoms with Crippen molar-refractivity contribution in [3.8, 4) is 0 Å². The standard InChI is InChI=1S/C9H17NO/c1-7-5-4-6-9(7)10(3)8(2)11/h7,9H,4-6H2,1-3H3. The van der Waals surface area contributed by atoms with Crippen molar-refractivity contribution in [2.45, 2.75) is 39.2 Å². The van der Waals surface area contributed by atoms with Gasteiger partial charge in [-0.15, -0.1) is 0 Å². The van der Waals surface area contributed by atoms with Crippen LogP contribution in [0.15, 0.2) is 0 Å². The second-order valence-electron chi connectivity index (χ2n) is 3.61. The van der Waals surface area contributed by atoms with Crippen LogP contribution in [0, 0.1) is 5.92 Å². The fourth-order valence-electron chi connectivity index (χ4n) is 1.93. The van der Waals surface area contributed by atoms with Gasteiger partial charge in [-0.05, 0) is 18.8 Å². The molecule has 1 aliphatic rings. The van der Waals surface area contributed by atoms with Crippen molar-refractivity contribution in [2.75, 3.05) is 7.05 Å². The molecule has 0 heterocycles. The maximum atomic E-state index is 11.0. The molecule has 2 unspecified atom stereocenters. The maximum Gasteiger partial charge on any atom is 0.219 e. The van der Waals surface area contributed by atoms with Gasteiger partial charge in [-0.3, -0.25) is 4.79 Å². The molecule has 0 N–H and O–H groups in total. The monoisotopic (exact) mass is 155 g/mol. The lowest BCUT2D eigenvalue weighted by Gasteiger charge is -2.26. The van der Waals surface area contributed by atoms with Gasteiger partial charge in [-0.25, -0.2) is 0 Å². The van der Waals surface area contributed by atoms with Gasteiger partial charge in [-0.1, -0.05) is 13.3 Å². The SMILES string of the molecule is CC(=O)N(C)C1CCCC1C. The van der Waals surface area contributed by atoms with Gasteiger partial charge in [0.25, 0.3) is 0 Å². The fourth-order valence-corrected chi connectivity index (χ4v) is 1.93. The lowest BCUT2D eigenvalue weighted by molar-refractivity contribution is -0.130. The zero-order chi connectivity index (χ0) is 8.43. The van der Waals surface area contributed by atoms with Crippen LogP contribution in [0.1, 0.15) is 33.1 Å². The molecule has 0 bridgehead atoms. The molecule has 0 aliphatic heterocycles. The molecule has 1 rings (SSSR count). The zero-order valence-electron chi connectivity index (χ0n) is 7.63. The first-order chi connectivity index (χ1) is 5.13. The topological polar surface area (TPSA) is 20.3 Å². The van der Waals surface area contributed by atoms with E-state index in [1.54, 1.807) is 6.92 Å². The van der Waals surface area contributed by atoms with Crippen LogP contribution in [0.5, 0.6) is 0 Å². The minimum Gasteiger partial charge on any atom is -0.343 e. The minimum absolute atomic E-state index is 0.198. The number of hydrogen-bond acceptors (Lipinski definition) is 1. The normalized spacial score (nSPS) is 30.5. The van der Waals surface area contributed by atoms with E-state index in [-0.39, 0.29) is 5.91 Å². The zero-order valence-corrected chi connectivity index (χ0v) is 7.63. The average molecular weight is 155 g/mol. The van der Waals surface area contributed by atoms with Gasteiger partial charge in [0.15, 0.2) is 0 Å². The average Bonchev–Trinajstić information content (AvgIpc) is 2.33. The molecule has 2 nitrogen and oxygen atoms in total. The summed E-state index contributed by atoms with van der Waals surface area (Å²) in [4.78, 5) is 12.9. The Balaban J connectivity index is 2.52. The molecular formula is C9H17NO. The van der Waals surface area contributed by atoms with Crippen molar-refractivity contribution < 1.29 is 4.79 Å². The number of hydrogen-bond donors (Lipinski definition) is 0. The van der Waals surface area contributed by atoms with Crippen molar-refractivity contribution in [3.05, 3.63) is 0 Å². The van der Waals surface area contributed by atoms with Crippen LogP contribution in [0.25, 0.3) is 0 Å². The molecule has 1 saturated carbocycles. The van der Waals surface area contributed by atoms with E-state index >= 15 is 0 Å². The fraction of sp³-hybridized carbons (Fsp3) is 0.889. The lowest BCUT2D eigenvalue weighted by Crippen LogP contribution is -2.36. The van der Waals surface area contributed by atoms with Crippen LogP contribution in [-0.2, 0) is 4.79 Å². The second-order valence-corrected chi connectivity index (χ2v) is 3.61. The van der Waals surface area contributed by atoms with Gasteiger partial charge in [-0.2, -0.15) is 0 Å². The molecule has 64 valence electrons. The highest BCUT2D eigenvalue weighted by Gasteiger charge is 2.27. The Morgan fingerprint density at radius 1 is 1.45 bits per heavy atom. The largest absolute Gasteiger partial charge is 0.343 e. The van der Waals surface area contributed by atoms with Gasteiger partial charge < -0.3 is 4.90 Å². The second kappa shape index (κ2) is 3.24. The van der Waals surface area contributed by atoms with Gasteiger partial charge >= 0.3 is 0 Å². The molecule has 0 aromatic rings. The third kappa shape index (κ3) is 1.73. The van der Waals surface area contributed by atoms with Crippen LogP contribution in [0.2, 0.25) is 0 Å². The van der Waals surface area contributed by atoms with Gasteiger partial charge in [0.05, 0.1) is 0 Å². The summed E-state index contributed by atoms with van der Waals surface area (Å²) < 4.78 is 0. The summed E-state index contributed by atoms with van der Waals surface area (Å²) in [6.07, 6.45) is 3.75. The molecule has 0 spiro atoms. The van der Waals surface area contributed by atoms with Crippen molar-refractivity contribution in [2.24, 2.45) is 5.92 Å². The number of nitrogens with zero attached hydrogens (tertiary/aromatic N) is 1. The molecule has 0 radical (unpaired) electrons.